The van der Waals surface area contributed by atoms with Crippen molar-refractivity contribution in [2.45, 2.75) is 13.2 Å². The van der Waals surface area contributed by atoms with Crippen LogP contribution >= 0.6 is 0 Å². The van der Waals surface area contributed by atoms with E-state index in [9.17, 15) is 14.7 Å². The SMILES string of the molecule is Nc1nc(COC(=O)c2nn(CCO)c(=O)c3ccccc23)nc(Nc2ccccc2)n1. The first-order chi connectivity index (χ1) is 15.5. The Morgan fingerprint density at radius 3 is 2.50 bits per heavy atom. The Labute approximate surface area is 181 Å². The molecule has 4 rings (SSSR count). The van der Waals surface area contributed by atoms with Crippen LogP contribution in [0.15, 0.2) is 59.4 Å². The van der Waals surface area contributed by atoms with Gasteiger partial charge in [0, 0.05) is 11.1 Å². The molecule has 4 N–H and O–H groups in total. The minimum absolute atomic E-state index is 0.0375. The largest absolute Gasteiger partial charge is 0.453 e. The van der Waals surface area contributed by atoms with Gasteiger partial charge in [-0.3, -0.25) is 4.79 Å². The smallest absolute Gasteiger partial charge is 0.359 e. The highest BCUT2D eigenvalue weighted by molar-refractivity contribution is 6.02. The van der Waals surface area contributed by atoms with Crippen LogP contribution in [0.25, 0.3) is 10.8 Å². The summed E-state index contributed by atoms with van der Waals surface area (Å²) in [7, 11) is 0. The topological polar surface area (TPSA) is 158 Å². The van der Waals surface area contributed by atoms with Gasteiger partial charge in [-0.1, -0.05) is 36.4 Å². The third-order valence-electron chi connectivity index (χ3n) is 4.43. The van der Waals surface area contributed by atoms with Crippen molar-refractivity contribution in [3.63, 3.8) is 0 Å². The number of rotatable bonds is 7. The van der Waals surface area contributed by atoms with E-state index in [1.54, 1.807) is 24.3 Å². The third kappa shape index (κ3) is 4.52. The summed E-state index contributed by atoms with van der Waals surface area (Å²) in [5.41, 5.74) is 6.04. The number of carbonyl (C=O) groups is 1. The van der Waals surface area contributed by atoms with Crippen LogP contribution in [0.1, 0.15) is 16.3 Å². The van der Waals surface area contributed by atoms with E-state index in [0.29, 0.717) is 10.8 Å². The molecule has 2 heterocycles. The summed E-state index contributed by atoms with van der Waals surface area (Å²) in [6, 6.07) is 15.8. The summed E-state index contributed by atoms with van der Waals surface area (Å²) < 4.78 is 6.37. The number of aromatic nitrogens is 5. The number of aliphatic hydroxyl groups is 1. The molecule has 162 valence electrons. The average Bonchev–Trinajstić information content (AvgIpc) is 2.80. The fraction of sp³-hybridized carbons (Fsp3) is 0.143. The van der Waals surface area contributed by atoms with E-state index in [1.165, 1.54) is 0 Å². The quantitative estimate of drug-likeness (QED) is 0.362. The van der Waals surface area contributed by atoms with Gasteiger partial charge in [0.15, 0.2) is 18.1 Å². The second kappa shape index (κ2) is 9.18. The average molecular weight is 433 g/mol. The molecule has 0 aliphatic rings. The van der Waals surface area contributed by atoms with Gasteiger partial charge >= 0.3 is 5.97 Å². The lowest BCUT2D eigenvalue weighted by atomic mass is 10.1. The van der Waals surface area contributed by atoms with Gasteiger partial charge in [0.2, 0.25) is 11.9 Å². The Kier molecular flexibility index (Phi) is 5.99. The lowest BCUT2D eigenvalue weighted by Crippen LogP contribution is -2.27. The number of nitrogen functional groups attached to an aromatic ring is 1. The molecule has 32 heavy (non-hydrogen) atoms. The molecule has 0 fully saturated rings. The van der Waals surface area contributed by atoms with Crippen molar-refractivity contribution in [3.8, 4) is 0 Å². The maximum Gasteiger partial charge on any atom is 0.359 e. The van der Waals surface area contributed by atoms with Crippen LogP contribution in [-0.4, -0.2) is 42.4 Å². The van der Waals surface area contributed by atoms with Crippen molar-refractivity contribution >= 4 is 34.3 Å². The molecule has 11 nitrogen and oxygen atoms in total. The monoisotopic (exact) mass is 433 g/mol. The lowest BCUT2D eigenvalue weighted by molar-refractivity contribution is 0.0454. The van der Waals surface area contributed by atoms with Crippen LogP contribution in [0.5, 0.6) is 0 Å². The number of fused-ring (bicyclic) bond motifs is 1. The van der Waals surface area contributed by atoms with Crippen LogP contribution in [0, 0.1) is 0 Å². The highest BCUT2D eigenvalue weighted by atomic mass is 16.5. The van der Waals surface area contributed by atoms with Gasteiger partial charge < -0.3 is 20.9 Å². The molecule has 0 saturated carbocycles. The molecule has 0 bridgehead atoms. The number of nitrogens with two attached hydrogens (primary N) is 1. The Bertz CT molecular complexity index is 1330. The minimum Gasteiger partial charge on any atom is -0.453 e. The molecule has 0 unspecified atom stereocenters. The summed E-state index contributed by atoms with van der Waals surface area (Å²) in [4.78, 5) is 37.5. The summed E-state index contributed by atoms with van der Waals surface area (Å²) in [5.74, 6) is -0.471. The predicted octanol–water partition coefficient (Wildman–Crippen LogP) is 1.26. The lowest BCUT2D eigenvalue weighted by Gasteiger charge is -2.10. The molecule has 0 spiro atoms. The summed E-state index contributed by atoms with van der Waals surface area (Å²) in [6.07, 6.45) is 0. The number of ether oxygens (including phenoxy) is 1. The molecule has 0 radical (unpaired) electrons. The number of anilines is 3. The van der Waals surface area contributed by atoms with Crippen LogP contribution in [-0.2, 0) is 17.9 Å². The van der Waals surface area contributed by atoms with Gasteiger partial charge in [-0.2, -0.15) is 20.1 Å². The fourth-order valence-electron chi connectivity index (χ4n) is 3.04. The van der Waals surface area contributed by atoms with Gasteiger partial charge in [-0.05, 0) is 18.2 Å². The van der Waals surface area contributed by atoms with Gasteiger partial charge in [-0.25, -0.2) is 9.48 Å². The first kappa shape index (κ1) is 20.9. The number of benzene rings is 2. The molecule has 11 heteroatoms. The molecule has 4 aromatic rings. The zero-order valence-electron chi connectivity index (χ0n) is 16.8. The Morgan fingerprint density at radius 2 is 1.75 bits per heavy atom. The molecule has 2 aromatic carbocycles. The van der Waals surface area contributed by atoms with E-state index in [2.05, 4.69) is 25.4 Å². The third-order valence-corrected chi connectivity index (χ3v) is 4.43. The van der Waals surface area contributed by atoms with Crippen LogP contribution in [0.2, 0.25) is 0 Å². The molecule has 0 saturated heterocycles. The van der Waals surface area contributed by atoms with E-state index in [4.69, 9.17) is 10.5 Å². The van der Waals surface area contributed by atoms with E-state index in [-0.39, 0.29) is 43.2 Å². The van der Waals surface area contributed by atoms with E-state index >= 15 is 0 Å². The number of hydrogen-bond donors (Lipinski definition) is 3. The molecular weight excluding hydrogens is 414 g/mol. The van der Waals surface area contributed by atoms with Crippen molar-refractivity contribution in [2.24, 2.45) is 0 Å². The number of para-hydroxylation sites is 1. The Hall–Kier alpha value is -4.38. The molecule has 2 aromatic heterocycles. The maximum absolute atomic E-state index is 12.8. The number of aliphatic hydroxyl groups excluding tert-OH is 1. The fourth-order valence-corrected chi connectivity index (χ4v) is 3.04. The van der Waals surface area contributed by atoms with Crippen molar-refractivity contribution in [1.82, 2.24) is 24.7 Å². The van der Waals surface area contributed by atoms with Crippen LogP contribution in [0.4, 0.5) is 17.6 Å². The van der Waals surface area contributed by atoms with Crippen molar-refractivity contribution in [3.05, 3.63) is 76.5 Å². The highest BCUT2D eigenvalue weighted by Crippen LogP contribution is 2.16. The van der Waals surface area contributed by atoms with E-state index in [1.807, 2.05) is 30.3 Å². The minimum atomic E-state index is -0.774. The Balaban J connectivity index is 1.57. The summed E-state index contributed by atoms with van der Waals surface area (Å²) in [5, 5.41) is 16.9. The van der Waals surface area contributed by atoms with Gasteiger partial charge in [0.25, 0.3) is 5.56 Å². The maximum atomic E-state index is 12.8. The molecule has 0 aliphatic carbocycles. The second-order valence-electron chi connectivity index (χ2n) is 6.65. The van der Waals surface area contributed by atoms with E-state index in [0.717, 1.165) is 10.4 Å². The van der Waals surface area contributed by atoms with Gasteiger partial charge in [-0.15, -0.1) is 0 Å². The van der Waals surface area contributed by atoms with Crippen LogP contribution < -0.4 is 16.6 Å². The zero-order chi connectivity index (χ0) is 22.5. The number of esters is 1. The first-order valence-electron chi connectivity index (χ1n) is 9.65. The zero-order valence-corrected chi connectivity index (χ0v) is 16.8. The van der Waals surface area contributed by atoms with Crippen molar-refractivity contribution in [2.75, 3.05) is 17.7 Å². The molecule has 0 atom stereocenters. The highest BCUT2D eigenvalue weighted by Gasteiger charge is 2.19. The predicted molar refractivity (Wildman–Crippen MR) is 116 cm³/mol. The second-order valence-corrected chi connectivity index (χ2v) is 6.65. The Morgan fingerprint density at radius 1 is 1.03 bits per heavy atom. The number of nitrogens with one attached hydrogen (secondary N) is 1. The molecular formula is C21H19N7O4. The van der Waals surface area contributed by atoms with E-state index < -0.39 is 11.5 Å². The van der Waals surface area contributed by atoms with Crippen molar-refractivity contribution in [1.29, 1.82) is 0 Å². The summed E-state index contributed by atoms with van der Waals surface area (Å²) in [6.45, 7) is -0.645. The standard InChI is InChI=1S/C21H19N7O4/c22-20-24-16(25-21(26-20)23-13-6-2-1-3-7-13)12-32-19(31)17-14-8-4-5-9-15(14)18(30)28(27-17)10-11-29/h1-9,29H,10-12H2,(H3,22,23,24,25,26). The number of carbonyl (C=O) groups excluding carboxylic acids is 1. The van der Waals surface area contributed by atoms with Crippen molar-refractivity contribution < 1.29 is 14.6 Å². The number of nitrogens with zero attached hydrogens (tertiary/aromatic N) is 5. The molecule has 0 aliphatic heterocycles. The first-order valence-corrected chi connectivity index (χ1v) is 9.65. The van der Waals surface area contributed by atoms with Gasteiger partial charge in [0.05, 0.1) is 18.5 Å². The van der Waals surface area contributed by atoms with Crippen LogP contribution in [0.3, 0.4) is 0 Å². The normalized spacial score (nSPS) is 10.8. The summed E-state index contributed by atoms with van der Waals surface area (Å²) >= 11 is 0. The number of hydrogen-bond acceptors (Lipinski definition) is 10. The molecule has 0 amide bonds. The van der Waals surface area contributed by atoms with Gasteiger partial charge in [0.1, 0.15) is 0 Å².